The van der Waals surface area contributed by atoms with Gasteiger partial charge in [0.05, 0.1) is 0 Å². The maximum atomic E-state index is 11.7. The Bertz CT molecular complexity index is 512. The van der Waals surface area contributed by atoms with Gasteiger partial charge in [0.1, 0.15) is 12.6 Å². The number of nitrogens with two attached hydrogens (primary N) is 1. The van der Waals surface area contributed by atoms with Crippen LogP contribution in [0.15, 0.2) is 12.2 Å². The molecule has 0 aromatic rings. The average molecular weight is 311 g/mol. The molecule has 0 radical (unpaired) electrons. The summed E-state index contributed by atoms with van der Waals surface area (Å²) in [5.41, 5.74) is 5.08. The second-order valence-electron chi connectivity index (χ2n) is 4.54. The molecule has 0 aliphatic carbocycles. The van der Waals surface area contributed by atoms with E-state index in [0.717, 1.165) is 12.2 Å². The molecule has 0 saturated heterocycles. The van der Waals surface area contributed by atoms with Crippen LogP contribution in [-0.2, 0) is 19.2 Å². The average Bonchev–Trinajstić information content (AvgIpc) is 2.73. The SMILES string of the molecule is N=C(N)NCCC[C@H](NC(=O)CN1C(=O)C=CC1=O)C(=O)O. The summed E-state index contributed by atoms with van der Waals surface area (Å²) in [5.74, 6) is -3.42. The van der Waals surface area contributed by atoms with Gasteiger partial charge in [-0.15, -0.1) is 0 Å². The first-order valence-electron chi connectivity index (χ1n) is 6.45. The molecule has 0 aromatic heterocycles. The zero-order chi connectivity index (χ0) is 16.7. The zero-order valence-corrected chi connectivity index (χ0v) is 11.7. The highest BCUT2D eigenvalue weighted by Gasteiger charge is 2.27. The normalized spacial score (nSPS) is 14.8. The van der Waals surface area contributed by atoms with E-state index in [-0.39, 0.29) is 12.4 Å². The third-order valence-electron chi connectivity index (χ3n) is 2.82. The topological polar surface area (TPSA) is 166 Å². The third kappa shape index (κ3) is 5.23. The number of carbonyl (C=O) groups is 4. The number of amides is 3. The molecule has 0 spiro atoms. The number of aliphatic carboxylic acids is 1. The van der Waals surface area contributed by atoms with E-state index in [4.69, 9.17) is 16.2 Å². The monoisotopic (exact) mass is 311 g/mol. The lowest BCUT2D eigenvalue weighted by atomic mass is 10.1. The summed E-state index contributed by atoms with van der Waals surface area (Å²) in [4.78, 5) is 46.1. The molecule has 22 heavy (non-hydrogen) atoms. The molecule has 1 rings (SSSR count). The summed E-state index contributed by atoms with van der Waals surface area (Å²) in [7, 11) is 0. The first kappa shape index (κ1) is 17.1. The van der Waals surface area contributed by atoms with Gasteiger partial charge in [0.2, 0.25) is 5.91 Å². The predicted octanol–water partition coefficient (Wildman–Crippen LogP) is -2.26. The van der Waals surface area contributed by atoms with Crippen LogP contribution < -0.4 is 16.4 Å². The van der Waals surface area contributed by atoms with Crippen LogP contribution in [0.4, 0.5) is 0 Å². The lowest BCUT2D eigenvalue weighted by Crippen LogP contribution is -2.47. The molecule has 1 heterocycles. The first-order chi connectivity index (χ1) is 10.3. The van der Waals surface area contributed by atoms with Crippen molar-refractivity contribution in [1.82, 2.24) is 15.5 Å². The minimum Gasteiger partial charge on any atom is -0.480 e. The van der Waals surface area contributed by atoms with Gasteiger partial charge in [-0.3, -0.25) is 24.7 Å². The third-order valence-corrected chi connectivity index (χ3v) is 2.82. The van der Waals surface area contributed by atoms with Gasteiger partial charge in [-0.25, -0.2) is 4.79 Å². The number of rotatable bonds is 8. The van der Waals surface area contributed by atoms with Crippen molar-refractivity contribution in [2.45, 2.75) is 18.9 Å². The molecule has 0 fully saturated rings. The van der Waals surface area contributed by atoms with Gasteiger partial charge >= 0.3 is 5.97 Å². The number of carboxylic acid groups (broad SMARTS) is 1. The maximum absolute atomic E-state index is 11.7. The fourth-order valence-corrected chi connectivity index (χ4v) is 1.76. The Morgan fingerprint density at radius 3 is 2.41 bits per heavy atom. The number of hydrogen-bond donors (Lipinski definition) is 5. The van der Waals surface area contributed by atoms with E-state index in [1.165, 1.54) is 0 Å². The fraction of sp³-hybridized carbons (Fsp3) is 0.417. The highest BCUT2D eigenvalue weighted by atomic mass is 16.4. The molecule has 10 heteroatoms. The Morgan fingerprint density at radius 1 is 1.32 bits per heavy atom. The molecule has 120 valence electrons. The number of nitrogens with one attached hydrogen (secondary N) is 3. The van der Waals surface area contributed by atoms with Crippen LogP contribution in [0.1, 0.15) is 12.8 Å². The van der Waals surface area contributed by atoms with E-state index in [9.17, 15) is 19.2 Å². The van der Waals surface area contributed by atoms with Crippen LogP contribution in [0.5, 0.6) is 0 Å². The Kier molecular flexibility index (Phi) is 6.05. The van der Waals surface area contributed by atoms with Crippen molar-refractivity contribution in [3.63, 3.8) is 0 Å². The second-order valence-corrected chi connectivity index (χ2v) is 4.54. The van der Waals surface area contributed by atoms with Crippen molar-refractivity contribution in [2.24, 2.45) is 5.73 Å². The molecule has 1 atom stereocenters. The molecule has 1 aliphatic rings. The second kappa shape index (κ2) is 7.76. The number of hydrogen-bond acceptors (Lipinski definition) is 5. The Hall–Kier alpha value is -2.91. The molecule has 3 amide bonds. The predicted molar refractivity (Wildman–Crippen MR) is 74.6 cm³/mol. The summed E-state index contributed by atoms with van der Waals surface area (Å²) in [6, 6.07) is -1.15. The lowest BCUT2D eigenvalue weighted by molar-refractivity contribution is -0.143. The summed E-state index contributed by atoms with van der Waals surface area (Å²) < 4.78 is 0. The summed E-state index contributed by atoms with van der Waals surface area (Å²) >= 11 is 0. The van der Waals surface area contributed by atoms with Crippen LogP contribution >= 0.6 is 0 Å². The number of carboxylic acids is 1. The molecular weight excluding hydrogens is 294 g/mol. The van der Waals surface area contributed by atoms with Crippen LogP contribution in [0, 0.1) is 5.41 Å². The summed E-state index contributed by atoms with van der Waals surface area (Å²) in [6.45, 7) is -0.234. The molecule has 0 unspecified atom stereocenters. The van der Waals surface area contributed by atoms with Crippen molar-refractivity contribution < 1.29 is 24.3 Å². The molecular formula is C12H17N5O5. The van der Waals surface area contributed by atoms with Crippen molar-refractivity contribution >= 4 is 29.7 Å². The van der Waals surface area contributed by atoms with Gasteiger partial charge in [-0.05, 0) is 12.8 Å². The molecule has 0 saturated carbocycles. The summed E-state index contributed by atoms with van der Waals surface area (Å²) in [5, 5.41) is 20.7. The van der Waals surface area contributed by atoms with Gasteiger partial charge in [-0.2, -0.15) is 0 Å². The van der Waals surface area contributed by atoms with E-state index >= 15 is 0 Å². The number of carbonyl (C=O) groups excluding carboxylic acids is 3. The van der Waals surface area contributed by atoms with Crippen molar-refractivity contribution in [3.8, 4) is 0 Å². The Morgan fingerprint density at radius 2 is 1.91 bits per heavy atom. The molecule has 0 aromatic carbocycles. The first-order valence-corrected chi connectivity index (χ1v) is 6.45. The molecule has 6 N–H and O–H groups in total. The van der Waals surface area contributed by atoms with Crippen molar-refractivity contribution in [2.75, 3.05) is 13.1 Å². The fourth-order valence-electron chi connectivity index (χ4n) is 1.76. The zero-order valence-electron chi connectivity index (χ0n) is 11.7. The Balaban J connectivity index is 2.43. The highest BCUT2D eigenvalue weighted by molar-refractivity contribution is 6.14. The van der Waals surface area contributed by atoms with Gasteiger partial charge in [-0.1, -0.05) is 0 Å². The largest absolute Gasteiger partial charge is 0.480 e. The quantitative estimate of drug-likeness (QED) is 0.146. The van der Waals surface area contributed by atoms with E-state index in [1.54, 1.807) is 0 Å². The van der Waals surface area contributed by atoms with Crippen LogP contribution in [-0.4, -0.2) is 58.8 Å². The van der Waals surface area contributed by atoms with Crippen molar-refractivity contribution in [1.29, 1.82) is 5.41 Å². The molecule has 0 bridgehead atoms. The van der Waals surface area contributed by atoms with Gasteiger partial charge in [0.15, 0.2) is 5.96 Å². The lowest BCUT2D eigenvalue weighted by Gasteiger charge is -2.17. The minimum absolute atomic E-state index is 0.113. The van der Waals surface area contributed by atoms with E-state index < -0.39 is 36.3 Å². The van der Waals surface area contributed by atoms with Crippen molar-refractivity contribution in [3.05, 3.63) is 12.2 Å². The van der Waals surface area contributed by atoms with Crippen LogP contribution in [0.2, 0.25) is 0 Å². The number of guanidine groups is 1. The maximum Gasteiger partial charge on any atom is 0.326 e. The van der Waals surface area contributed by atoms with Gasteiger partial charge in [0, 0.05) is 18.7 Å². The van der Waals surface area contributed by atoms with Crippen LogP contribution in [0.3, 0.4) is 0 Å². The van der Waals surface area contributed by atoms with E-state index in [2.05, 4.69) is 10.6 Å². The number of nitrogens with zero attached hydrogens (tertiary/aromatic N) is 1. The molecule has 10 nitrogen and oxygen atoms in total. The smallest absolute Gasteiger partial charge is 0.326 e. The Labute approximate surface area is 125 Å². The summed E-state index contributed by atoms with van der Waals surface area (Å²) in [6.07, 6.45) is 2.55. The number of imide groups is 1. The highest BCUT2D eigenvalue weighted by Crippen LogP contribution is 2.03. The van der Waals surface area contributed by atoms with Gasteiger partial charge in [0.25, 0.3) is 11.8 Å². The standard InChI is InChI=1S/C12H17N5O5/c13-12(14)15-5-1-2-7(11(21)22)16-8(18)6-17-9(19)3-4-10(17)20/h3-4,7H,1-2,5-6H2,(H,16,18)(H,21,22)(H4,13,14,15)/t7-/m0/s1. The van der Waals surface area contributed by atoms with Gasteiger partial charge < -0.3 is 21.5 Å². The van der Waals surface area contributed by atoms with E-state index in [0.29, 0.717) is 17.9 Å². The van der Waals surface area contributed by atoms with E-state index in [1.807, 2.05) is 0 Å². The van der Waals surface area contributed by atoms with Crippen LogP contribution in [0.25, 0.3) is 0 Å². The molecule has 1 aliphatic heterocycles. The minimum atomic E-state index is -1.23.